The molecule has 2 atom stereocenters. The Kier molecular flexibility index (Phi) is 3.74. The highest BCUT2D eigenvalue weighted by Crippen LogP contribution is 2.19. The standard InChI is InChI=1S/C11H20N4O2S/c1-4-14-7-11(13-8-14)18(16,17)15-6-9(2)12-5-10(15)3/h7-10,12H,4-6H2,1-3H3. The number of aryl methyl sites for hydroxylation is 1. The molecule has 1 aliphatic heterocycles. The van der Waals surface area contributed by atoms with Gasteiger partial charge in [-0.3, -0.25) is 0 Å². The number of hydrogen-bond donors (Lipinski definition) is 1. The Balaban J connectivity index is 2.29. The number of nitrogens with one attached hydrogen (secondary N) is 1. The molecule has 1 aromatic heterocycles. The predicted molar refractivity (Wildman–Crippen MR) is 68.7 cm³/mol. The van der Waals surface area contributed by atoms with Crippen LogP contribution in [-0.2, 0) is 16.6 Å². The van der Waals surface area contributed by atoms with E-state index in [1.54, 1.807) is 17.1 Å². The molecule has 1 aromatic rings. The van der Waals surface area contributed by atoms with Crippen molar-refractivity contribution in [2.45, 2.75) is 44.4 Å². The van der Waals surface area contributed by atoms with E-state index in [9.17, 15) is 8.42 Å². The summed E-state index contributed by atoms with van der Waals surface area (Å²) in [4.78, 5) is 4.01. The lowest BCUT2D eigenvalue weighted by Crippen LogP contribution is -2.56. The number of nitrogens with zero attached hydrogens (tertiary/aromatic N) is 3. The molecule has 0 radical (unpaired) electrons. The Morgan fingerprint density at radius 1 is 1.50 bits per heavy atom. The monoisotopic (exact) mass is 272 g/mol. The van der Waals surface area contributed by atoms with Gasteiger partial charge in [0, 0.05) is 37.9 Å². The van der Waals surface area contributed by atoms with Crippen LogP contribution in [0.3, 0.4) is 0 Å². The van der Waals surface area contributed by atoms with Crippen LogP contribution >= 0.6 is 0 Å². The number of rotatable bonds is 3. The highest BCUT2D eigenvalue weighted by Gasteiger charge is 2.34. The van der Waals surface area contributed by atoms with Gasteiger partial charge in [0.2, 0.25) is 0 Å². The molecule has 1 aliphatic rings. The molecule has 0 spiro atoms. The number of aromatic nitrogens is 2. The van der Waals surface area contributed by atoms with Crippen molar-refractivity contribution in [2.24, 2.45) is 0 Å². The van der Waals surface area contributed by atoms with Gasteiger partial charge in [-0.15, -0.1) is 0 Å². The average molecular weight is 272 g/mol. The summed E-state index contributed by atoms with van der Waals surface area (Å²) in [6, 6.07) is 0.127. The van der Waals surface area contributed by atoms with Gasteiger partial charge >= 0.3 is 0 Å². The first-order valence-corrected chi connectivity index (χ1v) is 7.66. The van der Waals surface area contributed by atoms with Crippen molar-refractivity contribution in [3.63, 3.8) is 0 Å². The minimum Gasteiger partial charge on any atom is -0.336 e. The first kappa shape index (κ1) is 13.5. The van der Waals surface area contributed by atoms with Crippen molar-refractivity contribution in [1.29, 1.82) is 0 Å². The fourth-order valence-corrected chi connectivity index (χ4v) is 3.75. The summed E-state index contributed by atoms with van der Waals surface area (Å²) in [7, 11) is -3.47. The lowest BCUT2D eigenvalue weighted by atomic mass is 10.2. The topological polar surface area (TPSA) is 67.2 Å². The second-order valence-corrected chi connectivity index (χ2v) is 6.61. The Hall–Kier alpha value is -0.920. The second kappa shape index (κ2) is 4.99. The van der Waals surface area contributed by atoms with Crippen LogP contribution in [0.5, 0.6) is 0 Å². The fraction of sp³-hybridized carbons (Fsp3) is 0.727. The zero-order valence-corrected chi connectivity index (χ0v) is 11.8. The largest absolute Gasteiger partial charge is 0.336 e. The van der Waals surface area contributed by atoms with Crippen LogP contribution in [0, 0.1) is 0 Å². The summed E-state index contributed by atoms with van der Waals surface area (Å²) >= 11 is 0. The molecule has 1 fully saturated rings. The lowest BCUT2D eigenvalue weighted by molar-refractivity contribution is 0.244. The zero-order valence-electron chi connectivity index (χ0n) is 11.0. The van der Waals surface area contributed by atoms with Crippen LogP contribution < -0.4 is 5.32 Å². The van der Waals surface area contributed by atoms with Crippen molar-refractivity contribution in [3.8, 4) is 0 Å². The Labute approximate surface area is 108 Å². The summed E-state index contributed by atoms with van der Waals surface area (Å²) in [5.41, 5.74) is 0. The molecule has 6 nitrogen and oxygen atoms in total. The zero-order chi connectivity index (χ0) is 13.3. The summed E-state index contributed by atoms with van der Waals surface area (Å²) in [6.45, 7) is 7.73. The molecule has 0 amide bonds. The first-order valence-electron chi connectivity index (χ1n) is 6.22. The van der Waals surface area contributed by atoms with Gasteiger partial charge in [-0.25, -0.2) is 13.4 Å². The molecule has 0 aliphatic carbocycles. The fourth-order valence-electron chi connectivity index (χ4n) is 2.09. The van der Waals surface area contributed by atoms with Crippen LogP contribution in [0.2, 0.25) is 0 Å². The molecule has 7 heteroatoms. The van der Waals surface area contributed by atoms with Gasteiger partial charge < -0.3 is 9.88 Å². The Morgan fingerprint density at radius 3 is 2.83 bits per heavy atom. The highest BCUT2D eigenvalue weighted by molar-refractivity contribution is 7.89. The van der Waals surface area contributed by atoms with Crippen LogP contribution in [0.15, 0.2) is 17.6 Å². The summed E-state index contributed by atoms with van der Waals surface area (Å²) in [6.07, 6.45) is 3.15. The first-order chi connectivity index (χ1) is 8.45. The van der Waals surface area contributed by atoms with E-state index >= 15 is 0 Å². The van der Waals surface area contributed by atoms with Gasteiger partial charge in [-0.1, -0.05) is 0 Å². The molecule has 2 rings (SSSR count). The molecule has 0 aromatic carbocycles. The number of imidazole rings is 1. The van der Waals surface area contributed by atoms with Crippen LogP contribution in [-0.4, -0.2) is 47.4 Å². The van der Waals surface area contributed by atoms with E-state index in [2.05, 4.69) is 10.3 Å². The van der Waals surface area contributed by atoms with Gasteiger partial charge in [0.25, 0.3) is 10.0 Å². The van der Waals surface area contributed by atoms with Gasteiger partial charge in [-0.2, -0.15) is 4.31 Å². The predicted octanol–water partition coefficient (Wildman–Crippen LogP) is 0.274. The quantitative estimate of drug-likeness (QED) is 0.858. The highest BCUT2D eigenvalue weighted by atomic mass is 32.2. The van der Waals surface area contributed by atoms with Crippen molar-refractivity contribution in [3.05, 3.63) is 12.5 Å². The van der Waals surface area contributed by atoms with Crippen LogP contribution in [0.4, 0.5) is 0 Å². The van der Waals surface area contributed by atoms with Crippen molar-refractivity contribution in [1.82, 2.24) is 19.2 Å². The third-order valence-corrected chi connectivity index (χ3v) is 5.12. The van der Waals surface area contributed by atoms with Gasteiger partial charge in [-0.05, 0) is 20.8 Å². The number of hydrogen-bond acceptors (Lipinski definition) is 4. The maximum atomic E-state index is 12.5. The van der Waals surface area contributed by atoms with Crippen molar-refractivity contribution in [2.75, 3.05) is 13.1 Å². The van der Waals surface area contributed by atoms with Gasteiger partial charge in [0.1, 0.15) is 0 Å². The van der Waals surface area contributed by atoms with Crippen molar-refractivity contribution < 1.29 is 8.42 Å². The average Bonchev–Trinajstić information content (AvgIpc) is 2.81. The number of sulfonamides is 1. The molecule has 0 bridgehead atoms. The van der Waals surface area contributed by atoms with Crippen LogP contribution in [0.1, 0.15) is 20.8 Å². The second-order valence-electron chi connectivity index (χ2n) is 4.78. The number of piperazine rings is 1. The van der Waals surface area contributed by atoms with E-state index in [1.165, 1.54) is 4.31 Å². The molecule has 1 saturated heterocycles. The van der Waals surface area contributed by atoms with Gasteiger partial charge in [0.15, 0.2) is 5.03 Å². The Bertz CT molecular complexity index is 511. The van der Waals surface area contributed by atoms with E-state index in [0.717, 1.165) is 6.54 Å². The molecular formula is C11H20N4O2S. The molecule has 0 saturated carbocycles. The Morgan fingerprint density at radius 2 is 2.22 bits per heavy atom. The van der Waals surface area contributed by atoms with E-state index in [4.69, 9.17) is 0 Å². The summed E-state index contributed by atoms with van der Waals surface area (Å²) in [5.74, 6) is 0. The minimum atomic E-state index is -3.47. The summed E-state index contributed by atoms with van der Waals surface area (Å²) in [5, 5.41) is 3.41. The van der Waals surface area contributed by atoms with E-state index in [1.807, 2.05) is 20.8 Å². The molecule has 18 heavy (non-hydrogen) atoms. The third-order valence-electron chi connectivity index (χ3n) is 3.25. The van der Waals surface area contributed by atoms with Gasteiger partial charge in [0.05, 0.1) is 6.33 Å². The van der Waals surface area contributed by atoms with Crippen LogP contribution in [0.25, 0.3) is 0 Å². The van der Waals surface area contributed by atoms with Crippen molar-refractivity contribution >= 4 is 10.0 Å². The normalized spacial score (nSPS) is 26.4. The third kappa shape index (κ3) is 2.43. The van der Waals surface area contributed by atoms with E-state index in [0.29, 0.717) is 13.1 Å². The van der Waals surface area contributed by atoms with E-state index in [-0.39, 0.29) is 17.1 Å². The lowest BCUT2D eigenvalue weighted by Gasteiger charge is -2.35. The smallest absolute Gasteiger partial charge is 0.262 e. The molecule has 2 heterocycles. The maximum absolute atomic E-state index is 12.5. The SMILES string of the molecule is CCn1cnc(S(=O)(=O)N2CC(C)NCC2C)c1. The summed E-state index contributed by atoms with van der Waals surface area (Å²) < 4.78 is 28.3. The molecule has 2 unspecified atom stereocenters. The maximum Gasteiger partial charge on any atom is 0.262 e. The molecule has 1 N–H and O–H groups in total. The van der Waals surface area contributed by atoms with E-state index < -0.39 is 10.0 Å². The molecule has 102 valence electrons. The minimum absolute atomic E-state index is 0.0435. The molecular weight excluding hydrogens is 252 g/mol.